The molecule has 1 aromatic rings. The Morgan fingerprint density at radius 2 is 2.03 bits per heavy atom. The van der Waals surface area contributed by atoms with Gasteiger partial charge in [-0.05, 0) is 99.9 Å². The van der Waals surface area contributed by atoms with Crippen LogP contribution >= 0.6 is 0 Å². The zero-order valence-corrected chi connectivity index (χ0v) is 18.2. The molecular weight excluding hydrogens is 360 g/mol. The van der Waals surface area contributed by atoms with E-state index in [0.29, 0.717) is 24.2 Å². The maximum absolute atomic E-state index is 13.2. The number of rotatable bonds is 3. The van der Waals surface area contributed by atoms with Crippen LogP contribution in [0.1, 0.15) is 70.8 Å². The van der Waals surface area contributed by atoms with Crippen LogP contribution in [0.25, 0.3) is 0 Å². The highest BCUT2D eigenvalue weighted by molar-refractivity contribution is 5.82. The predicted molar refractivity (Wildman–Crippen MR) is 113 cm³/mol. The summed E-state index contributed by atoms with van der Waals surface area (Å²) in [7, 11) is 0. The minimum absolute atomic E-state index is 0.159. The van der Waals surface area contributed by atoms with E-state index in [1.165, 1.54) is 24.8 Å². The van der Waals surface area contributed by atoms with Crippen molar-refractivity contribution in [1.82, 2.24) is 9.78 Å². The average molecular weight is 397 g/mol. The first-order valence-corrected chi connectivity index (χ1v) is 11.7. The Hall–Kier alpha value is -1.42. The normalized spacial score (nSPS) is 43.9. The lowest BCUT2D eigenvalue weighted by Gasteiger charge is -2.54. The number of aryl methyl sites for hydroxylation is 1. The number of hydrogen-bond acceptors (Lipinski definition) is 3. The zero-order chi connectivity index (χ0) is 20.4. The molecule has 4 aliphatic carbocycles. The molecule has 158 valence electrons. The molecule has 7 atom stereocenters. The number of aliphatic hydroxyl groups is 1. The van der Waals surface area contributed by atoms with Crippen LogP contribution in [-0.2, 0) is 11.3 Å². The van der Waals surface area contributed by atoms with Gasteiger partial charge in [-0.2, -0.15) is 5.10 Å². The molecule has 0 bridgehead atoms. The molecule has 29 heavy (non-hydrogen) atoms. The van der Waals surface area contributed by atoms with Gasteiger partial charge in [0.25, 0.3) is 0 Å². The number of fused-ring (bicyclic) bond motifs is 5. The number of hydrogen-bond donors (Lipinski definition) is 1. The minimum atomic E-state index is -0.506. The fraction of sp³-hybridized carbons (Fsp3) is 0.760. The molecule has 3 saturated carbocycles. The Bertz CT molecular complexity index is 838. The van der Waals surface area contributed by atoms with Crippen molar-refractivity contribution in [3.63, 3.8) is 0 Å². The summed E-state index contributed by atoms with van der Waals surface area (Å²) in [6.45, 7) is 6.87. The molecule has 0 saturated heterocycles. The molecule has 0 radical (unpaired) electrons. The van der Waals surface area contributed by atoms with Crippen LogP contribution in [0.5, 0.6) is 0 Å². The molecule has 1 N–H and O–H groups in total. The topological polar surface area (TPSA) is 55.1 Å². The summed E-state index contributed by atoms with van der Waals surface area (Å²) in [6.07, 6.45) is 15.1. The number of allylic oxidation sites excluding steroid dienone is 1. The van der Waals surface area contributed by atoms with Crippen molar-refractivity contribution < 1.29 is 9.90 Å². The molecule has 0 unspecified atom stereocenters. The largest absolute Gasteiger partial charge is 0.390 e. The van der Waals surface area contributed by atoms with E-state index in [-0.39, 0.29) is 11.3 Å². The standard InChI is InChI=1S/C25H36N2O2/c1-16-13-26-27(14-16)15-23(28)22-7-6-21-20-5-4-17-12-24(2,29)10-8-18(17)19(20)9-11-25(21,22)3/h4,13-14,18-22,29H,5-12,15H2,1-3H3/t18-,19+,20+,21-,22+,24+,25-/m0/s1. The number of aromatic nitrogens is 2. The molecule has 0 aliphatic heterocycles. The minimum Gasteiger partial charge on any atom is -0.390 e. The van der Waals surface area contributed by atoms with Crippen LogP contribution in [0.3, 0.4) is 0 Å². The first kappa shape index (κ1) is 19.5. The number of nitrogens with zero attached hydrogens (tertiary/aromatic N) is 2. The third-order valence-corrected chi connectivity index (χ3v) is 9.19. The maximum Gasteiger partial charge on any atom is 0.157 e. The maximum atomic E-state index is 13.2. The van der Waals surface area contributed by atoms with Gasteiger partial charge in [-0.3, -0.25) is 9.48 Å². The lowest BCUT2D eigenvalue weighted by molar-refractivity contribution is -0.129. The van der Waals surface area contributed by atoms with Crippen molar-refractivity contribution in [2.24, 2.45) is 35.0 Å². The average Bonchev–Trinajstić information content (AvgIpc) is 3.22. The molecule has 0 aromatic carbocycles. The summed E-state index contributed by atoms with van der Waals surface area (Å²) in [5, 5.41) is 14.9. The van der Waals surface area contributed by atoms with Gasteiger partial charge in [0.2, 0.25) is 0 Å². The lowest BCUT2D eigenvalue weighted by Crippen LogP contribution is -2.48. The molecule has 4 heteroatoms. The van der Waals surface area contributed by atoms with Gasteiger partial charge in [0.05, 0.1) is 18.3 Å². The number of carbonyl (C=O) groups is 1. The summed E-state index contributed by atoms with van der Waals surface area (Å²) in [5.41, 5.74) is 2.30. The van der Waals surface area contributed by atoms with E-state index in [0.717, 1.165) is 49.5 Å². The Kier molecular flexibility index (Phi) is 4.58. The van der Waals surface area contributed by atoms with E-state index in [1.807, 2.05) is 30.9 Å². The van der Waals surface area contributed by atoms with Crippen molar-refractivity contribution in [1.29, 1.82) is 0 Å². The number of carbonyl (C=O) groups excluding carboxylic acids is 1. The Labute approximate surface area is 174 Å². The van der Waals surface area contributed by atoms with Crippen molar-refractivity contribution >= 4 is 5.78 Å². The third kappa shape index (κ3) is 3.22. The fourth-order valence-corrected chi connectivity index (χ4v) is 7.82. The van der Waals surface area contributed by atoms with Crippen LogP contribution in [0.2, 0.25) is 0 Å². The number of Topliss-reactive ketones (excluding diaryl/α,β-unsaturated/α-hetero) is 1. The third-order valence-electron chi connectivity index (χ3n) is 9.19. The zero-order valence-electron chi connectivity index (χ0n) is 18.2. The van der Waals surface area contributed by atoms with Gasteiger partial charge >= 0.3 is 0 Å². The molecule has 0 spiro atoms. The first-order valence-electron chi connectivity index (χ1n) is 11.7. The second-order valence-electron chi connectivity index (χ2n) is 11.1. The van der Waals surface area contributed by atoms with Crippen LogP contribution in [0.4, 0.5) is 0 Å². The van der Waals surface area contributed by atoms with E-state index in [2.05, 4.69) is 18.1 Å². The molecule has 3 fully saturated rings. The SMILES string of the molecule is Cc1cnn(CC(=O)[C@H]2CC[C@H]3[C@@H]4CC=C5C[C@](C)(O)CC[C@@H]5[C@H]4CC[C@]23C)c1. The van der Waals surface area contributed by atoms with Crippen molar-refractivity contribution in [2.75, 3.05) is 0 Å². The Balaban J connectivity index is 1.34. The Morgan fingerprint density at radius 1 is 1.21 bits per heavy atom. The molecule has 1 heterocycles. The molecule has 1 aromatic heterocycles. The van der Waals surface area contributed by atoms with E-state index in [9.17, 15) is 9.90 Å². The van der Waals surface area contributed by atoms with E-state index in [4.69, 9.17) is 0 Å². The summed E-state index contributed by atoms with van der Waals surface area (Å²) in [5.74, 6) is 3.44. The molecule has 4 nitrogen and oxygen atoms in total. The second-order valence-corrected chi connectivity index (χ2v) is 11.1. The van der Waals surface area contributed by atoms with Gasteiger partial charge < -0.3 is 5.11 Å². The van der Waals surface area contributed by atoms with E-state index < -0.39 is 5.60 Å². The smallest absolute Gasteiger partial charge is 0.157 e. The van der Waals surface area contributed by atoms with E-state index in [1.54, 1.807) is 0 Å². The lowest BCUT2D eigenvalue weighted by atomic mass is 9.51. The quantitative estimate of drug-likeness (QED) is 0.754. The second kappa shape index (κ2) is 6.80. The van der Waals surface area contributed by atoms with Crippen LogP contribution in [0, 0.1) is 41.9 Å². The monoisotopic (exact) mass is 396 g/mol. The molecule has 0 amide bonds. The highest BCUT2D eigenvalue weighted by Crippen LogP contribution is 2.63. The molecule has 4 aliphatic rings. The Morgan fingerprint density at radius 3 is 2.79 bits per heavy atom. The van der Waals surface area contributed by atoms with Gasteiger partial charge in [-0.25, -0.2) is 0 Å². The molecular formula is C25H36N2O2. The highest BCUT2D eigenvalue weighted by atomic mass is 16.3. The summed E-state index contributed by atoms with van der Waals surface area (Å²) >= 11 is 0. The van der Waals surface area contributed by atoms with Gasteiger partial charge in [0, 0.05) is 12.1 Å². The van der Waals surface area contributed by atoms with Crippen molar-refractivity contribution in [2.45, 2.75) is 84.3 Å². The summed E-state index contributed by atoms with van der Waals surface area (Å²) < 4.78 is 1.82. The van der Waals surface area contributed by atoms with Gasteiger partial charge in [0.1, 0.15) is 0 Å². The van der Waals surface area contributed by atoms with Crippen LogP contribution < -0.4 is 0 Å². The summed E-state index contributed by atoms with van der Waals surface area (Å²) in [4.78, 5) is 13.2. The van der Waals surface area contributed by atoms with Crippen molar-refractivity contribution in [3.8, 4) is 0 Å². The fourth-order valence-electron chi connectivity index (χ4n) is 7.82. The first-order chi connectivity index (χ1) is 13.8. The van der Waals surface area contributed by atoms with Crippen molar-refractivity contribution in [3.05, 3.63) is 29.6 Å². The highest BCUT2D eigenvalue weighted by Gasteiger charge is 2.57. The van der Waals surface area contributed by atoms with Gasteiger partial charge in [-0.15, -0.1) is 0 Å². The van der Waals surface area contributed by atoms with Crippen LogP contribution in [-0.4, -0.2) is 26.3 Å². The van der Waals surface area contributed by atoms with E-state index >= 15 is 0 Å². The summed E-state index contributed by atoms with van der Waals surface area (Å²) in [6, 6.07) is 0. The van der Waals surface area contributed by atoms with Gasteiger partial charge in [0.15, 0.2) is 5.78 Å². The predicted octanol–water partition coefficient (Wildman–Crippen LogP) is 4.70. The van der Waals surface area contributed by atoms with Crippen LogP contribution in [0.15, 0.2) is 24.0 Å². The molecule has 5 rings (SSSR count). The number of ketones is 1. The van der Waals surface area contributed by atoms with Gasteiger partial charge in [-0.1, -0.05) is 18.6 Å².